The Labute approximate surface area is 91.1 Å². The number of hydrogen-bond acceptors (Lipinski definition) is 1. The van der Waals surface area contributed by atoms with Crippen LogP contribution in [0.15, 0.2) is 24.4 Å². The molecule has 72 valence electrons. The predicted molar refractivity (Wildman–Crippen MR) is 63.7 cm³/mol. The van der Waals surface area contributed by atoms with Gasteiger partial charge in [0.2, 0.25) is 0 Å². The lowest BCUT2D eigenvalue weighted by molar-refractivity contribution is 1.12. The van der Waals surface area contributed by atoms with Gasteiger partial charge < -0.3 is 0 Å². The fourth-order valence-corrected chi connectivity index (χ4v) is 1.66. The molecule has 0 unspecified atom stereocenters. The summed E-state index contributed by atoms with van der Waals surface area (Å²) in [5, 5.41) is 9.01. The fourth-order valence-electron chi connectivity index (χ4n) is 1.47. The highest BCUT2D eigenvalue weighted by atomic mass is 79.9. The molecule has 0 aliphatic carbocycles. The number of aromatic amines is 1. The largest absolute Gasteiger partial charge is 0.278 e. The summed E-state index contributed by atoms with van der Waals surface area (Å²) in [4.78, 5) is 0. The van der Waals surface area contributed by atoms with Crippen LogP contribution in [0.2, 0.25) is 0 Å². The molecule has 0 fully saturated rings. The molecule has 0 amide bonds. The van der Waals surface area contributed by atoms with E-state index in [-0.39, 0.29) is 0 Å². The lowest BCUT2D eigenvalue weighted by Gasteiger charge is -1.99. The Balaban J connectivity index is 2.53. The van der Waals surface area contributed by atoms with Crippen LogP contribution in [-0.2, 0) is 0 Å². The Hall–Kier alpha value is -1.09. The molecule has 2 rings (SSSR count). The minimum absolute atomic E-state index is 0.885. The molecule has 0 radical (unpaired) electrons. The topological polar surface area (TPSA) is 28.7 Å². The van der Waals surface area contributed by atoms with Crippen molar-refractivity contribution in [1.29, 1.82) is 0 Å². The van der Waals surface area contributed by atoms with Crippen LogP contribution >= 0.6 is 15.9 Å². The summed E-state index contributed by atoms with van der Waals surface area (Å²) in [5.74, 6) is 0. The van der Waals surface area contributed by atoms with E-state index in [2.05, 4.69) is 57.3 Å². The highest BCUT2D eigenvalue weighted by Crippen LogP contribution is 2.18. The van der Waals surface area contributed by atoms with Crippen molar-refractivity contribution in [2.75, 3.05) is 5.33 Å². The Morgan fingerprint density at radius 2 is 2.36 bits per heavy atom. The molecule has 1 heterocycles. The minimum atomic E-state index is 0.885. The van der Waals surface area contributed by atoms with E-state index < -0.39 is 0 Å². The molecule has 0 atom stereocenters. The normalized spacial score (nSPS) is 11.6. The number of aromatic nitrogens is 2. The van der Waals surface area contributed by atoms with Crippen LogP contribution in [0.3, 0.4) is 0 Å². The maximum Gasteiger partial charge on any atom is 0.0653 e. The van der Waals surface area contributed by atoms with Crippen molar-refractivity contribution in [3.63, 3.8) is 0 Å². The van der Waals surface area contributed by atoms with Crippen molar-refractivity contribution in [1.82, 2.24) is 10.2 Å². The van der Waals surface area contributed by atoms with E-state index >= 15 is 0 Å². The van der Waals surface area contributed by atoms with E-state index in [1.165, 1.54) is 11.1 Å². The third kappa shape index (κ3) is 1.73. The monoisotopic (exact) mass is 250 g/mol. The number of H-pyrrole nitrogens is 1. The molecule has 1 N–H and O–H groups in total. The summed E-state index contributed by atoms with van der Waals surface area (Å²) in [7, 11) is 0. The van der Waals surface area contributed by atoms with Gasteiger partial charge in [0, 0.05) is 10.7 Å². The zero-order valence-electron chi connectivity index (χ0n) is 7.92. The van der Waals surface area contributed by atoms with Gasteiger partial charge in [0.25, 0.3) is 0 Å². The molecule has 0 bridgehead atoms. The van der Waals surface area contributed by atoms with E-state index in [1.807, 2.05) is 6.20 Å². The number of alkyl halides is 1. The summed E-state index contributed by atoms with van der Waals surface area (Å²) in [6.45, 7) is 2.11. The summed E-state index contributed by atoms with van der Waals surface area (Å²) >= 11 is 3.37. The van der Waals surface area contributed by atoms with Gasteiger partial charge in [-0.3, -0.25) is 5.10 Å². The number of allylic oxidation sites excluding steroid dienone is 1. The molecule has 3 heteroatoms. The molecule has 0 saturated carbocycles. The van der Waals surface area contributed by atoms with Gasteiger partial charge >= 0.3 is 0 Å². The first-order valence-corrected chi connectivity index (χ1v) is 5.59. The highest BCUT2D eigenvalue weighted by Gasteiger charge is 1.99. The van der Waals surface area contributed by atoms with Crippen molar-refractivity contribution < 1.29 is 0 Å². The van der Waals surface area contributed by atoms with E-state index in [0.29, 0.717) is 0 Å². The summed E-state index contributed by atoms with van der Waals surface area (Å²) in [6, 6.07) is 4.27. The lowest BCUT2D eigenvalue weighted by Crippen LogP contribution is -1.80. The Bertz CT molecular complexity index is 471. The number of nitrogens with zero attached hydrogens (tertiary/aromatic N) is 1. The van der Waals surface area contributed by atoms with Gasteiger partial charge in [-0.15, -0.1) is 0 Å². The van der Waals surface area contributed by atoms with Crippen molar-refractivity contribution in [3.05, 3.63) is 35.5 Å². The average Bonchev–Trinajstić information content (AvgIpc) is 2.61. The molecule has 2 nitrogen and oxygen atoms in total. The first kappa shape index (κ1) is 9.46. The zero-order chi connectivity index (χ0) is 9.97. The van der Waals surface area contributed by atoms with Crippen molar-refractivity contribution in [3.8, 4) is 0 Å². The van der Waals surface area contributed by atoms with E-state index in [0.717, 1.165) is 16.2 Å². The van der Waals surface area contributed by atoms with Crippen molar-refractivity contribution in [2.24, 2.45) is 0 Å². The van der Waals surface area contributed by atoms with Gasteiger partial charge in [-0.1, -0.05) is 28.1 Å². The first-order chi connectivity index (χ1) is 6.81. The van der Waals surface area contributed by atoms with Crippen LogP contribution < -0.4 is 0 Å². The highest BCUT2D eigenvalue weighted by molar-refractivity contribution is 9.09. The van der Waals surface area contributed by atoms with Crippen molar-refractivity contribution in [2.45, 2.75) is 6.92 Å². The first-order valence-electron chi connectivity index (χ1n) is 4.47. The SMILES string of the molecule is Cc1cc2[nH]ncc2cc1C=CCBr. The molecule has 1 aromatic heterocycles. The fraction of sp³-hybridized carbons (Fsp3) is 0.182. The maximum atomic E-state index is 4.01. The second-order valence-corrected chi connectivity index (χ2v) is 3.87. The Kier molecular flexibility index (Phi) is 2.68. The Morgan fingerprint density at radius 3 is 3.14 bits per heavy atom. The second kappa shape index (κ2) is 3.96. The van der Waals surface area contributed by atoms with Crippen molar-refractivity contribution >= 4 is 32.9 Å². The van der Waals surface area contributed by atoms with E-state index in [1.54, 1.807) is 0 Å². The number of fused-ring (bicyclic) bond motifs is 1. The lowest BCUT2D eigenvalue weighted by atomic mass is 10.1. The van der Waals surface area contributed by atoms with E-state index in [4.69, 9.17) is 0 Å². The molecule has 0 aliphatic rings. The van der Waals surface area contributed by atoms with Crippen LogP contribution in [-0.4, -0.2) is 15.5 Å². The molecule has 0 aliphatic heterocycles. The van der Waals surface area contributed by atoms with Crippen LogP contribution in [0.4, 0.5) is 0 Å². The molecule has 0 saturated heterocycles. The van der Waals surface area contributed by atoms with Gasteiger partial charge in [0.05, 0.1) is 11.7 Å². The third-order valence-electron chi connectivity index (χ3n) is 2.21. The van der Waals surface area contributed by atoms with Gasteiger partial charge in [-0.2, -0.15) is 5.10 Å². The van der Waals surface area contributed by atoms with Crippen LogP contribution in [0, 0.1) is 6.92 Å². The van der Waals surface area contributed by atoms with Gasteiger partial charge in [0.15, 0.2) is 0 Å². The minimum Gasteiger partial charge on any atom is -0.278 e. The van der Waals surface area contributed by atoms with E-state index in [9.17, 15) is 0 Å². The number of aryl methyl sites for hydroxylation is 1. The van der Waals surface area contributed by atoms with Gasteiger partial charge in [-0.05, 0) is 30.2 Å². The summed E-state index contributed by atoms with van der Waals surface area (Å²) in [6.07, 6.45) is 6.06. The predicted octanol–water partition coefficient (Wildman–Crippen LogP) is 3.28. The molecular formula is C11H11BrN2. The summed E-state index contributed by atoms with van der Waals surface area (Å²) < 4.78 is 0. The average molecular weight is 251 g/mol. The smallest absolute Gasteiger partial charge is 0.0653 e. The number of hydrogen-bond donors (Lipinski definition) is 1. The standard InChI is InChI=1S/C11H11BrN2/c1-8-5-11-10(7-13-14-11)6-9(8)3-2-4-12/h2-3,5-7H,4H2,1H3,(H,13,14). The Morgan fingerprint density at radius 1 is 1.50 bits per heavy atom. The number of benzene rings is 1. The maximum absolute atomic E-state index is 4.01. The molecule has 2 aromatic rings. The number of halogens is 1. The quantitative estimate of drug-likeness (QED) is 0.815. The number of rotatable bonds is 2. The molecule has 14 heavy (non-hydrogen) atoms. The third-order valence-corrected chi connectivity index (χ3v) is 2.59. The van der Waals surface area contributed by atoms with Gasteiger partial charge in [0.1, 0.15) is 0 Å². The molecule has 1 aromatic carbocycles. The molecular weight excluding hydrogens is 240 g/mol. The second-order valence-electron chi connectivity index (χ2n) is 3.22. The number of nitrogens with one attached hydrogen (secondary N) is 1. The van der Waals surface area contributed by atoms with Crippen LogP contribution in [0.25, 0.3) is 17.0 Å². The summed E-state index contributed by atoms with van der Waals surface area (Å²) in [5.41, 5.74) is 3.61. The van der Waals surface area contributed by atoms with Gasteiger partial charge in [-0.25, -0.2) is 0 Å². The van der Waals surface area contributed by atoms with Crippen LogP contribution in [0.1, 0.15) is 11.1 Å². The zero-order valence-corrected chi connectivity index (χ0v) is 9.51. The van der Waals surface area contributed by atoms with Crippen LogP contribution in [0.5, 0.6) is 0 Å². The molecule has 0 spiro atoms.